The highest BCUT2D eigenvalue weighted by Gasteiger charge is 2.39. The van der Waals surface area contributed by atoms with Gasteiger partial charge in [0.1, 0.15) is 9.30 Å². The number of hydrogen-bond donors (Lipinski definition) is 2. The molecule has 0 amide bonds. The average Bonchev–Trinajstić information content (AvgIpc) is 3.09. The molecule has 1 atom stereocenters. The first-order valence-corrected chi connectivity index (χ1v) is 14.0. The summed E-state index contributed by atoms with van der Waals surface area (Å²) in [5.74, 6) is 1.19. The van der Waals surface area contributed by atoms with E-state index < -0.39 is 5.60 Å². The number of allylic oxidation sites excluding steroid dienone is 1. The van der Waals surface area contributed by atoms with Crippen molar-refractivity contribution in [2.24, 2.45) is 17.3 Å². The van der Waals surface area contributed by atoms with E-state index in [1.807, 2.05) is 39.0 Å². The van der Waals surface area contributed by atoms with Crippen LogP contribution in [0.5, 0.6) is 0 Å². The Bertz CT molecular complexity index is 854. The Morgan fingerprint density at radius 3 is 2.46 bits per heavy atom. The van der Waals surface area contributed by atoms with Crippen molar-refractivity contribution in [3.63, 3.8) is 0 Å². The standard InChI is InChI=1S/C28H44IN3O3/c1-27(2,3)18-21-15-22(16-21)25-26(29)32(31-30-25)23(17-24(33)35-28(4,5)6)13-10-14-34-19-20-11-8-7-9-12-20/h7-9,11-12,21-23,30-31H,10,13-19H2,1-6H3/t21?,22?,23-/m0/s1. The van der Waals surface area contributed by atoms with Crippen molar-refractivity contribution in [3.05, 3.63) is 45.3 Å². The van der Waals surface area contributed by atoms with Gasteiger partial charge in [0.15, 0.2) is 0 Å². The zero-order valence-electron chi connectivity index (χ0n) is 22.3. The van der Waals surface area contributed by atoms with Gasteiger partial charge < -0.3 is 14.9 Å². The number of nitrogens with one attached hydrogen (secondary N) is 2. The minimum Gasteiger partial charge on any atom is -0.460 e. The number of rotatable bonds is 11. The molecule has 0 aromatic heterocycles. The van der Waals surface area contributed by atoms with Crippen molar-refractivity contribution >= 4 is 28.6 Å². The summed E-state index contributed by atoms with van der Waals surface area (Å²) in [6.45, 7) is 14.0. The molecule has 1 aromatic carbocycles. The third kappa shape index (κ3) is 9.25. The Hall–Kier alpha value is -1.32. The molecule has 0 bridgehead atoms. The number of ether oxygens (including phenoxy) is 2. The molecule has 1 saturated carbocycles. The number of carbonyl (C=O) groups excluding carboxylic acids is 1. The molecule has 1 aromatic rings. The fraction of sp³-hybridized carbons (Fsp3) is 0.679. The summed E-state index contributed by atoms with van der Waals surface area (Å²) in [5, 5.41) is 2.13. The highest BCUT2D eigenvalue weighted by atomic mass is 127. The number of carbonyl (C=O) groups is 1. The monoisotopic (exact) mass is 597 g/mol. The Kier molecular flexibility index (Phi) is 9.91. The Morgan fingerprint density at radius 2 is 1.83 bits per heavy atom. The molecule has 1 aliphatic carbocycles. The summed E-state index contributed by atoms with van der Waals surface area (Å²) in [4.78, 5) is 12.7. The van der Waals surface area contributed by atoms with Gasteiger partial charge in [0.25, 0.3) is 0 Å². The third-order valence-electron chi connectivity index (χ3n) is 6.41. The Balaban J connectivity index is 1.57. The summed E-state index contributed by atoms with van der Waals surface area (Å²) in [7, 11) is 0. The first kappa shape index (κ1) is 28.3. The normalized spacial score (nSPS) is 21.5. The fourth-order valence-corrected chi connectivity index (χ4v) is 6.05. The minimum atomic E-state index is -0.487. The second kappa shape index (κ2) is 12.3. The van der Waals surface area contributed by atoms with E-state index in [9.17, 15) is 4.79 Å². The molecule has 6 nitrogen and oxygen atoms in total. The fourth-order valence-electron chi connectivity index (χ4n) is 4.96. The van der Waals surface area contributed by atoms with Gasteiger partial charge in [-0.2, -0.15) is 0 Å². The molecule has 1 aliphatic heterocycles. The maximum atomic E-state index is 12.7. The van der Waals surface area contributed by atoms with Crippen molar-refractivity contribution in [2.45, 2.75) is 98.3 Å². The molecule has 3 rings (SSSR count). The molecule has 0 unspecified atom stereocenters. The van der Waals surface area contributed by atoms with E-state index in [-0.39, 0.29) is 12.0 Å². The molecule has 1 heterocycles. The van der Waals surface area contributed by atoms with Crippen molar-refractivity contribution in [1.82, 2.24) is 16.0 Å². The zero-order chi connectivity index (χ0) is 25.6. The van der Waals surface area contributed by atoms with E-state index in [0.29, 0.717) is 31.0 Å². The van der Waals surface area contributed by atoms with Gasteiger partial charge in [-0.1, -0.05) is 51.1 Å². The van der Waals surface area contributed by atoms with Crippen LogP contribution in [0.3, 0.4) is 0 Å². The molecular formula is C28H44IN3O3. The van der Waals surface area contributed by atoms with E-state index in [1.165, 1.54) is 34.2 Å². The van der Waals surface area contributed by atoms with E-state index in [0.717, 1.165) is 18.8 Å². The van der Waals surface area contributed by atoms with E-state index in [4.69, 9.17) is 9.47 Å². The van der Waals surface area contributed by atoms with E-state index in [2.05, 4.69) is 71.5 Å². The van der Waals surface area contributed by atoms with E-state index >= 15 is 0 Å². The third-order valence-corrected chi connectivity index (χ3v) is 7.52. The van der Waals surface area contributed by atoms with Crippen molar-refractivity contribution in [2.75, 3.05) is 6.61 Å². The van der Waals surface area contributed by atoms with Gasteiger partial charge in [-0.15, -0.1) is 5.53 Å². The molecule has 0 radical (unpaired) electrons. The lowest BCUT2D eigenvalue weighted by Crippen LogP contribution is -2.46. The molecule has 0 saturated heterocycles. The van der Waals surface area contributed by atoms with Gasteiger partial charge in [-0.25, -0.2) is 0 Å². The van der Waals surface area contributed by atoms with Crippen LogP contribution < -0.4 is 11.0 Å². The summed E-state index contributed by atoms with van der Waals surface area (Å²) >= 11 is 2.43. The van der Waals surface area contributed by atoms with Gasteiger partial charge in [0, 0.05) is 12.5 Å². The van der Waals surface area contributed by atoms with Crippen LogP contribution in [-0.2, 0) is 20.9 Å². The average molecular weight is 598 g/mol. The molecule has 2 aliphatic rings. The summed E-state index contributed by atoms with van der Waals surface area (Å²) in [5.41, 5.74) is 9.13. The maximum Gasteiger partial charge on any atom is 0.308 e. The van der Waals surface area contributed by atoms with Crippen LogP contribution in [0.25, 0.3) is 0 Å². The molecule has 35 heavy (non-hydrogen) atoms. The van der Waals surface area contributed by atoms with Gasteiger partial charge >= 0.3 is 5.97 Å². The van der Waals surface area contributed by atoms with Crippen LogP contribution >= 0.6 is 22.6 Å². The molecular weight excluding hydrogens is 553 g/mol. The van der Waals surface area contributed by atoms with Gasteiger partial charge in [0.05, 0.1) is 24.8 Å². The first-order valence-electron chi connectivity index (χ1n) is 13.0. The topological polar surface area (TPSA) is 62.8 Å². The second-order valence-electron chi connectivity index (χ2n) is 12.2. The van der Waals surface area contributed by atoms with Gasteiger partial charge in [-0.3, -0.25) is 9.80 Å². The van der Waals surface area contributed by atoms with Crippen molar-refractivity contribution in [3.8, 4) is 0 Å². The van der Waals surface area contributed by atoms with Crippen LogP contribution in [0.15, 0.2) is 39.7 Å². The van der Waals surface area contributed by atoms with Gasteiger partial charge in [0.2, 0.25) is 0 Å². The Labute approximate surface area is 225 Å². The quantitative estimate of drug-likeness (QED) is 0.132. The number of benzene rings is 1. The first-order chi connectivity index (χ1) is 16.4. The lowest BCUT2D eigenvalue weighted by atomic mass is 9.67. The van der Waals surface area contributed by atoms with Gasteiger partial charge in [-0.05, 0) is 92.4 Å². The largest absolute Gasteiger partial charge is 0.460 e. The molecule has 1 fully saturated rings. The Morgan fingerprint density at radius 1 is 1.14 bits per heavy atom. The predicted molar refractivity (Wildman–Crippen MR) is 149 cm³/mol. The lowest BCUT2D eigenvalue weighted by Gasteiger charge is -2.39. The highest BCUT2D eigenvalue weighted by molar-refractivity contribution is 14.1. The van der Waals surface area contributed by atoms with Crippen LogP contribution in [0, 0.1) is 17.3 Å². The number of nitrogens with zero attached hydrogens (tertiary/aromatic N) is 1. The van der Waals surface area contributed by atoms with Crippen LogP contribution in [0.1, 0.15) is 85.6 Å². The SMILES string of the molecule is CC(C)(C)CC1CC(C2=C(I)N([C@@H](CCCOCc3ccccc3)CC(=O)OC(C)(C)C)NN2)C1. The maximum absolute atomic E-state index is 12.7. The van der Waals surface area contributed by atoms with E-state index in [1.54, 1.807) is 0 Å². The molecule has 0 spiro atoms. The lowest BCUT2D eigenvalue weighted by molar-refractivity contribution is -0.156. The molecule has 2 N–H and O–H groups in total. The van der Waals surface area contributed by atoms with Crippen LogP contribution in [-0.4, -0.2) is 29.2 Å². The zero-order valence-corrected chi connectivity index (χ0v) is 24.5. The second-order valence-corrected chi connectivity index (χ2v) is 13.3. The predicted octanol–water partition coefficient (Wildman–Crippen LogP) is 6.48. The van der Waals surface area contributed by atoms with Crippen LogP contribution in [0.4, 0.5) is 0 Å². The molecule has 7 heteroatoms. The summed E-state index contributed by atoms with van der Waals surface area (Å²) in [6.07, 6.45) is 5.77. The summed E-state index contributed by atoms with van der Waals surface area (Å²) < 4.78 is 12.7. The number of esters is 1. The number of halogens is 1. The highest BCUT2D eigenvalue weighted by Crippen LogP contribution is 2.46. The van der Waals surface area contributed by atoms with Crippen molar-refractivity contribution < 1.29 is 14.3 Å². The minimum absolute atomic E-state index is 0.00692. The van der Waals surface area contributed by atoms with Crippen molar-refractivity contribution in [1.29, 1.82) is 0 Å². The van der Waals surface area contributed by atoms with Crippen LogP contribution in [0.2, 0.25) is 0 Å². The smallest absolute Gasteiger partial charge is 0.308 e. The summed E-state index contributed by atoms with van der Waals surface area (Å²) in [6, 6.07) is 10.2. The number of hydrogen-bond acceptors (Lipinski definition) is 6. The number of hydrazine groups is 2. The molecule has 196 valence electrons.